The molecule has 9 heteroatoms. The van der Waals surface area contributed by atoms with Crippen LogP contribution in [-0.4, -0.2) is 56.7 Å². The van der Waals surface area contributed by atoms with Crippen molar-refractivity contribution in [2.45, 2.75) is 12.6 Å². The Morgan fingerprint density at radius 1 is 1.21 bits per heavy atom. The molecule has 4 N–H and O–H groups in total. The average molecular weight is 403 g/mol. The normalized spacial score (nSPS) is 16.4. The summed E-state index contributed by atoms with van der Waals surface area (Å²) in [5.41, 5.74) is 6.22. The smallest absolute Gasteiger partial charge is 0.284 e. The van der Waals surface area contributed by atoms with Crippen molar-refractivity contribution in [3.63, 3.8) is 0 Å². The molecule has 1 aliphatic heterocycles. The minimum absolute atomic E-state index is 0.0446. The topological polar surface area (TPSA) is 105 Å². The number of halogens is 1. The van der Waals surface area contributed by atoms with Crippen LogP contribution in [0, 0.1) is 5.82 Å². The van der Waals surface area contributed by atoms with Gasteiger partial charge in [0.1, 0.15) is 11.6 Å². The van der Waals surface area contributed by atoms with E-state index in [1.54, 1.807) is 19.2 Å². The molecule has 0 radical (unpaired) electrons. The molecule has 0 bridgehead atoms. The Kier molecular flexibility index (Phi) is 7.20. The van der Waals surface area contributed by atoms with Crippen LogP contribution in [0.3, 0.4) is 0 Å². The van der Waals surface area contributed by atoms with Crippen LogP contribution in [0.5, 0.6) is 0 Å². The van der Waals surface area contributed by atoms with Crippen molar-refractivity contribution in [3.05, 3.63) is 59.3 Å². The number of ether oxygens (including phenoxy) is 1. The zero-order chi connectivity index (χ0) is 20.6. The van der Waals surface area contributed by atoms with E-state index in [0.29, 0.717) is 38.0 Å². The summed E-state index contributed by atoms with van der Waals surface area (Å²) in [6, 6.07) is 9.84. The molecule has 1 aromatic carbocycles. The highest BCUT2D eigenvalue weighted by Crippen LogP contribution is 2.21. The average Bonchev–Trinajstić information content (AvgIpc) is 3.22. The van der Waals surface area contributed by atoms with Crippen molar-refractivity contribution in [1.29, 1.82) is 0 Å². The molecule has 1 atom stereocenters. The maximum atomic E-state index is 13.4. The monoisotopic (exact) mass is 403 g/mol. The summed E-state index contributed by atoms with van der Waals surface area (Å²) >= 11 is 0. The van der Waals surface area contributed by atoms with E-state index in [1.807, 2.05) is 12.1 Å². The first-order valence-corrected chi connectivity index (χ1v) is 9.47. The number of nitrogens with one attached hydrogen (secondary N) is 2. The first kappa shape index (κ1) is 20.8. The Labute approximate surface area is 168 Å². The molecular weight excluding hydrogens is 377 g/mol. The van der Waals surface area contributed by atoms with Gasteiger partial charge in [-0.15, -0.1) is 0 Å². The number of guanidine groups is 1. The molecule has 1 unspecified atom stereocenters. The molecule has 0 saturated carbocycles. The van der Waals surface area contributed by atoms with Gasteiger partial charge in [-0.25, -0.2) is 4.39 Å². The third kappa shape index (κ3) is 5.78. The molecule has 1 saturated heterocycles. The molecule has 2 heterocycles. The molecule has 1 fully saturated rings. The van der Waals surface area contributed by atoms with Gasteiger partial charge in [-0.3, -0.25) is 14.7 Å². The number of carbonyl (C=O) groups excluding carboxylic acids is 1. The molecule has 8 nitrogen and oxygen atoms in total. The van der Waals surface area contributed by atoms with Gasteiger partial charge in [0.25, 0.3) is 5.91 Å². The molecule has 0 aliphatic carbocycles. The standard InChI is InChI=1S/C20H26FN5O3/c1-23-20(24-12-16-6-7-18(29-16)19(22)27)25-13-17(26-8-10-28-11-9-26)14-2-4-15(21)5-3-14/h2-7,17H,8-13H2,1H3,(H2,22,27)(H2,23,24,25). The van der Waals surface area contributed by atoms with Crippen molar-refractivity contribution in [3.8, 4) is 0 Å². The summed E-state index contributed by atoms with van der Waals surface area (Å²) in [6.45, 7) is 3.88. The lowest BCUT2D eigenvalue weighted by molar-refractivity contribution is 0.0170. The number of rotatable bonds is 7. The maximum absolute atomic E-state index is 13.4. The number of furan rings is 1. The number of aliphatic imine (C=N–C) groups is 1. The lowest BCUT2D eigenvalue weighted by Gasteiger charge is -2.35. The summed E-state index contributed by atoms with van der Waals surface area (Å²) in [6.07, 6.45) is 0. The largest absolute Gasteiger partial charge is 0.454 e. The Morgan fingerprint density at radius 3 is 2.55 bits per heavy atom. The predicted octanol–water partition coefficient (Wildman–Crippen LogP) is 1.26. The van der Waals surface area contributed by atoms with Crippen LogP contribution in [0.4, 0.5) is 4.39 Å². The summed E-state index contributed by atoms with van der Waals surface area (Å²) in [7, 11) is 1.67. The molecule has 1 amide bonds. The van der Waals surface area contributed by atoms with E-state index in [4.69, 9.17) is 14.9 Å². The van der Waals surface area contributed by atoms with Gasteiger partial charge in [0.15, 0.2) is 11.7 Å². The lowest BCUT2D eigenvalue weighted by Crippen LogP contribution is -2.46. The number of hydrogen-bond donors (Lipinski definition) is 3. The van der Waals surface area contributed by atoms with Crippen LogP contribution in [0.15, 0.2) is 45.8 Å². The van der Waals surface area contributed by atoms with Crippen molar-refractivity contribution in [2.24, 2.45) is 10.7 Å². The van der Waals surface area contributed by atoms with Gasteiger partial charge >= 0.3 is 0 Å². The molecule has 1 aliphatic rings. The zero-order valence-corrected chi connectivity index (χ0v) is 16.4. The van der Waals surface area contributed by atoms with Gasteiger partial charge in [0, 0.05) is 26.7 Å². The highest BCUT2D eigenvalue weighted by molar-refractivity contribution is 5.89. The van der Waals surface area contributed by atoms with Gasteiger partial charge in [0.05, 0.1) is 25.8 Å². The van der Waals surface area contributed by atoms with Gasteiger partial charge < -0.3 is 25.5 Å². The Hall–Kier alpha value is -2.91. The minimum Gasteiger partial charge on any atom is -0.454 e. The predicted molar refractivity (Wildman–Crippen MR) is 107 cm³/mol. The highest BCUT2D eigenvalue weighted by Gasteiger charge is 2.23. The van der Waals surface area contributed by atoms with Crippen molar-refractivity contribution < 1.29 is 18.3 Å². The highest BCUT2D eigenvalue weighted by atomic mass is 19.1. The van der Waals surface area contributed by atoms with Gasteiger partial charge in [0.2, 0.25) is 0 Å². The maximum Gasteiger partial charge on any atom is 0.284 e. The molecule has 156 valence electrons. The number of amides is 1. The van der Waals surface area contributed by atoms with Crippen LogP contribution in [-0.2, 0) is 11.3 Å². The van der Waals surface area contributed by atoms with E-state index in [9.17, 15) is 9.18 Å². The second-order valence-corrected chi connectivity index (χ2v) is 6.65. The quantitative estimate of drug-likeness (QED) is 0.475. The van der Waals surface area contributed by atoms with Crippen LogP contribution in [0.1, 0.15) is 27.9 Å². The Bertz CT molecular complexity index is 831. The molecule has 1 aromatic heterocycles. The van der Waals surface area contributed by atoms with Crippen molar-refractivity contribution in [1.82, 2.24) is 15.5 Å². The molecule has 3 rings (SSSR count). The third-order valence-corrected chi connectivity index (χ3v) is 4.76. The first-order chi connectivity index (χ1) is 14.1. The number of morpholine rings is 1. The van der Waals surface area contributed by atoms with Gasteiger partial charge in [-0.2, -0.15) is 0 Å². The van der Waals surface area contributed by atoms with E-state index < -0.39 is 5.91 Å². The zero-order valence-electron chi connectivity index (χ0n) is 16.4. The summed E-state index contributed by atoms with van der Waals surface area (Å²) in [4.78, 5) is 17.7. The fourth-order valence-electron chi connectivity index (χ4n) is 3.22. The number of carbonyl (C=O) groups is 1. The number of nitrogens with two attached hydrogens (primary N) is 1. The summed E-state index contributed by atoms with van der Waals surface area (Å²) in [5, 5.41) is 6.46. The first-order valence-electron chi connectivity index (χ1n) is 9.47. The SMILES string of the molecule is CN=C(NCc1ccc(C(N)=O)o1)NCC(c1ccc(F)cc1)N1CCOCC1. The Morgan fingerprint density at radius 2 is 1.93 bits per heavy atom. The second-order valence-electron chi connectivity index (χ2n) is 6.65. The number of benzene rings is 1. The van der Waals surface area contributed by atoms with Crippen molar-refractivity contribution in [2.75, 3.05) is 39.9 Å². The van der Waals surface area contributed by atoms with Crippen molar-refractivity contribution >= 4 is 11.9 Å². The minimum atomic E-state index is -0.605. The van der Waals surface area contributed by atoms with Gasteiger partial charge in [-0.05, 0) is 29.8 Å². The fraction of sp³-hybridized carbons (Fsp3) is 0.400. The number of hydrogen-bond acceptors (Lipinski definition) is 5. The van der Waals surface area contributed by atoms with Crippen LogP contribution < -0.4 is 16.4 Å². The second kappa shape index (κ2) is 10.0. The van der Waals surface area contributed by atoms with E-state index in [-0.39, 0.29) is 17.6 Å². The van der Waals surface area contributed by atoms with E-state index in [2.05, 4.69) is 20.5 Å². The van der Waals surface area contributed by atoms with E-state index >= 15 is 0 Å². The molecule has 0 spiro atoms. The summed E-state index contributed by atoms with van der Waals surface area (Å²) < 4.78 is 24.2. The van der Waals surface area contributed by atoms with Gasteiger partial charge in [-0.1, -0.05) is 12.1 Å². The molecule has 29 heavy (non-hydrogen) atoms. The molecular formula is C20H26FN5O3. The fourth-order valence-corrected chi connectivity index (χ4v) is 3.22. The van der Waals surface area contributed by atoms with Crippen LogP contribution >= 0.6 is 0 Å². The van der Waals surface area contributed by atoms with E-state index in [0.717, 1.165) is 18.7 Å². The Balaban J connectivity index is 1.61. The third-order valence-electron chi connectivity index (χ3n) is 4.76. The molecule has 2 aromatic rings. The lowest BCUT2D eigenvalue weighted by atomic mass is 10.0. The number of primary amides is 1. The van der Waals surface area contributed by atoms with Crippen LogP contribution in [0.2, 0.25) is 0 Å². The number of nitrogens with zero attached hydrogens (tertiary/aromatic N) is 2. The van der Waals surface area contributed by atoms with E-state index in [1.165, 1.54) is 12.1 Å². The van der Waals surface area contributed by atoms with Crippen LogP contribution in [0.25, 0.3) is 0 Å². The summed E-state index contributed by atoms with van der Waals surface area (Å²) in [5.74, 6) is 0.418.